The molecule has 2 N–H and O–H groups in total. The fourth-order valence-corrected chi connectivity index (χ4v) is 2.59. The summed E-state index contributed by atoms with van der Waals surface area (Å²) in [4.78, 5) is 12.1. The summed E-state index contributed by atoms with van der Waals surface area (Å²) in [6.45, 7) is 6.04. The molecule has 0 unspecified atom stereocenters. The van der Waals surface area contributed by atoms with Crippen LogP contribution in [0, 0.1) is 13.8 Å². The lowest BCUT2D eigenvalue weighted by Crippen LogP contribution is -2.42. The lowest BCUT2D eigenvalue weighted by atomic mass is 10.1. The minimum atomic E-state index is -0.193. The molecule has 104 valence electrons. The molecule has 1 atom stereocenters. The van der Waals surface area contributed by atoms with Gasteiger partial charge in [0.1, 0.15) is 6.04 Å². The summed E-state index contributed by atoms with van der Waals surface area (Å²) in [6.07, 6.45) is 4.73. The second kappa shape index (κ2) is 6.09. The molecule has 1 aromatic carbocycles. The van der Waals surface area contributed by atoms with Crippen molar-refractivity contribution in [1.82, 2.24) is 5.32 Å². The van der Waals surface area contributed by atoms with Crippen LogP contribution in [0.15, 0.2) is 18.2 Å². The van der Waals surface area contributed by atoms with Gasteiger partial charge >= 0.3 is 0 Å². The Morgan fingerprint density at radius 1 is 1.26 bits per heavy atom. The van der Waals surface area contributed by atoms with Gasteiger partial charge in [-0.05, 0) is 50.8 Å². The summed E-state index contributed by atoms with van der Waals surface area (Å²) < 4.78 is 0. The number of benzene rings is 1. The van der Waals surface area contributed by atoms with Gasteiger partial charge < -0.3 is 10.6 Å². The largest absolute Gasteiger partial charge is 0.374 e. The Labute approximate surface area is 115 Å². The lowest BCUT2D eigenvalue weighted by molar-refractivity contribution is -0.122. The predicted molar refractivity (Wildman–Crippen MR) is 79.4 cm³/mol. The third-order valence-corrected chi connectivity index (χ3v) is 3.86. The van der Waals surface area contributed by atoms with Crippen LogP contribution in [0.3, 0.4) is 0 Å². The molecule has 2 rings (SSSR count). The van der Waals surface area contributed by atoms with E-state index in [1.807, 2.05) is 6.92 Å². The van der Waals surface area contributed by atoms with Crippen LogP contribution in [0.5, 0.6) is 0 Å². The molecule has 3 heteroatoms. The normalized spacial score (nSPS) is 17.2. The quantitative estimate of drug-likeness (QED) is 0.873. The highest BCUT2D eigenvalue weighted by Gasteiger charge is 2.20. The first-order valence-corrected chi connectivity index (χ1v) is 7.20. The van der Waals surface area contributed by atoms with Crippen molar-refractivity contribution < 1.29 is 4.79 Å². The molecule has 0 heterocycles. The lowest BCUT2D eigenvalue weighted by Gasteiger charge is -2.20. The second-order valence-electron chi connectivity index (χ2n) is 5.67. The fourth-order valence-electron chi connectivity index (χ4n) is 2.59. The van der Waals surface area contributed by atoms with Gasteiger partial charge in [-0.2, -0.15) is 0 Å². The number of rotatable bonds is 4. The van der Waals surface area contributed by atoms with Gasteiger partial charge in [0.2, 0.25) is 5.91 Å². The molecule has 1 fully saturated rings. The van der Waals surface area contributed by atoms with Crippen LogP contribution in [0.1, 0.15) is 43.7 Å². The first-order chi connectivity index (χ1) is 9.06. The van der Waals surface area contributed by atoms with Gasteiger partial charge in [-0.25, -0.2) is 0 Å². The average Bonchev–Trinajstić information content (AvgIpc) is 2.86. The Morgan fingerprint density at radius 2 is 1.95 bits per heavy atom. The highest BCUT2D eigenvalue weighted by Crippen LogP contribution is 2.19. The van der Waals surface area contributed by atoms with E-state index in [0.717, 1.165) is 18.5 Å². The SMILES string of the molecule is Cc1ccc(C)c(N[C@@H](C)C(=O)NC2CCCC2)c1. The van der Waals surface area contributed by atoms with E-state index in [-0.39, 0.29) is 11.9 Å². The van der Waals surface area contributed by atoms with Crippen molar-refractivity contribution in [2.24, 2.45) is 0 Å². The third-order valence-electron chi connectivity index (χ3n) is 3.86. The van der Waals surface area contributed by atoms with Gasteiger partial charge in [0.25, 0.3) is 0 Å². The van der Waals surface area contributed by atoms with Crippen LogP contribution in [-0.4, -0.2) is 18.0 Å². The van der Waals surface area contributed by atoms with E-state index in [9.17, 15) is 4.79 Å². The Bertz CT molecular complexity index is 450. The number of hydrogen-bond acceptors (Lipinski definition) is 2. The smallest absolute Gasteiger partial charge is 0.242 e. The van der Waals surface area contributed by atoms with Crippen LogP contribution in [-0.2, 0) is 4.79 Å². The zero-order valence-corrected chi connectivity index (χ0v) is 12.1. The molecule has 0 bridgehead atoms. The molecule has 1 aliphatic rings. The number of aryl methyl sites for hydroxylation is 2. The molecule has 1 aliphatic carbocycles. The minimum Gasteiger partial charge on any atom is -0.374 e. The van der Waals surface area contributed by atoms with Crippen LogP contribution >= 0.6 is 0 Å². The topological polar surface area (TPSA) is 41.1 Å². The van der Waals surface area contributed by atoms with E-state index >= 15 is 0 Å². The predicted octanol–water partition coefficient (Wildman–Crippen LogP) is 3.16. The molecule has 0 aromatic heterocycles. The molecule has 1 aromatic rings. The summed E-state index contributed by atoms with van der Waals surface area (Å²) in [5.41, 5.74) is 3.43. The molecule has 0 aliphatic heterocycles. The van der Waals surface area contributed by atoms with E-state index in [4.69, 9.17) is 0 Å². The highest BCUT2D eigenvalue weighted by molar-refractivity contribution is 5.84. The Kier molecular flexibility index (Phi) is 4.46. The molecule has 0 saturated heterocycles. The first kappa shape index (κ1) is 13.9. The van der Waals surface area contributed by atoms with Crippen molar-refractivity contribution in [3.05, 3.63) is 29.3 Å². The average molecular weight is 260 g/mol. The highest BCUT2D eigenvalue weighted by atomic mass is 16.2. The zero-order chi connectivity index (χ0) is 13.8. The van der Waals surface area contributed by atoms with E-state index in [2.05, 4.69) is 42.7 Å². The summed E-state index contributed by atoms with van der Waals surface area (Å²) in [6, 6.07) is 6.45. The number of anilines is 1. The summed E-state index contributed by atoms with van der Waals surface area (Å²) in [7, 11) is 0. The fraction of sp³-hybridized carbons (Fsp3) is 0.562. The molecule has 1 saturated carbocycles. The molecular weight excluding hydrogens is 236 g/mol. The number of hydrogen-bond donors (Lipinski definition) is 2. The number of carbonyl (C=O) groups is 1. The molecule has 19 heavy (non-hydrogen) atoms. The van der Waals surface area contributed by atoms with Crippen LogP contribution in [0.2, 0.25) is 0 Å². The van der Waals surface area contributed by atoms with Crippen LogP contribution in [0.4, 0.5) is 5.69 Å². The van der Waals surface area contributed by atoms with Crippen LogP contribution in [0.25, 0.3) is 0 Å². The number of carbonyl (C=O) groups excluding carboxylic acids is 1. The van der Waals surface area contributed by atoms with Gasteiger partial charge in [0, 0.05) is 11.7 Å². The Hall–Kier alpha value is -1.51. The Balaban J connectivity index is 1.93. The van der Waals surface area contributed by atoms with E-state index < -0.39 is 0 Å². The van der Waals surface area contributed by atoms with E-state index in [1.165, 1.54) is 24.0 Å². The van der Waals surface area contributed by atoms with Gasteiger partial charge in [0.15, 0.2) is 0 Å². The van der Waals surface area contributed by atoms with Gasteiger partial charge in [-0.1, -0.05) is 25.0 Å². The summed E-state index contributed by atoms with van der Waals surface area (Å²) in [5, 5.41) is 6.44. The summed E-state index contributed by atoms with van der Waals surface area (Å²) >= 11 is 0. The molecule has 1 amide bonds. The maximum absolute atomic E-state index is 12.1. The minimum absolute atomic E-state index is 0.104. The van der Waals surface area contributed by atoms with Crippen molar-refractivity contribution in [2.45, 2.75) is 58.5 Å². The third kappa shape index (κ3) is 3.72. The van der Waals surface area contributed by atoms with E-state index in [0.29, 0.717) is 6.04 Å². The first-order valence-electron chi connectivity index (χ1n) is 7.20. The molecule has 0 radical (unpaired) electrons. The van der Waals surface area contributed by atoms with Crippen molar-refractivity contribution >= 4 is 11.6 Å². The maximum Gasteiger partial charge on any atom is 0.242 e. The molecular formula is C16H24N2O. The number of amides is 1. The molecule has 0 spiro atoms. The Morgan fingerprint density at radius 3 is 2.63 bits per heavy atom. The summed E-state index contributed by atoms with van der Waals surface area (Å²) in [5.74, 6) is 0.104. The van der Waals surface area contributed by atoms with Crippen molar-refractivity contribution in [1.29, 1.82) is 0 Å². The number of nitrogens with one attached hydrogen (secondary N) is 2. The second-order valence-corrected chi connectivity index (χ2v) is 5.67. The standard InChI is InChI=1S/C16H24N2O/c1-11-8-9-12(2)15(10-11)17-13(3)16(19)18-14-6-4-5-7-14/h8-10,13-14,17H,4-7H2,1-3H3,(H,18,19)/t13-/m0/s1. The molecule has 3 nitrogen and oxygen atoms in total. The van der Waals surface area contributed by atoms with E-state index in [1.54, 1.807) is 0 Å². The van der Waals surface area contributed by atoms with Crippen LogP contribution < -0.4 is 10.6 Å². The maximum atomic E-state index is 12.1. The van der Waals surface area contributed by atoms with Gasteiger partial charge in [-0.15, -0.1) is 0 Å². The van der Waals surface area contributed by atoms with Crippen molar-refractivity contribution in [3.63, 3.8) is 0 Å². The van der Waals surface area contributed by atoms with Gasteiger partial charge in [-0.3, -0.25) is 4.79 Å². The van der Waals surface area contributed by atoms with Crippen molar-refractivity contribution in [2.75, 3.05) is 5.32 Å². The van der Waals surface area contributed by atoms with Crippen molar-refractivity contribution in [3.8, 4) is 0 Å². The monoisotopic (exact) mass is 260 g/mol. The van der Waals surface area contributed by atoms with Gasteiger partial charge in [0.05, 0.1) is 0 Å². The zero-order valence-electron chi connectivity index (χ0n) is 12.1.